The number of hydrogen-bond donors (Lipinski definition) is 1. The average Bonchev–Trinajstić information content (AvgIpc) is 3.41. The highest BCUT2D eigenvalue weighted by Gasteiger charge is 2.14. The molecule has 164 valence electrons. The molecule has 1 amide bonds. The van der Waals surface area contributed by atoms with Crippen molar-refractivity contribution in [3.8, 4) is 5.69 Å². The van der Waals surface area contributed by atoms with E-state index in [4.69, 9.17) is 23.2 Å². The summed E-state index contributed by atoms with van der Waals surface area (Å²) in [5, 5.41) is 16.8. The normalized spacial score (nSPS) is 11.0. The van der Waals surface area contributed by atoms with Gasteiger partial charge in [0.2, 0.25) is 11.1 Å². The minimum Gasteiger partial charge on any atom is -0.301 e. The molecule has 2 aromatic heterocycles. The maximum absolute atomic E-state index is 12.4. The first-order valence-electron chi connectivity index (χ1n) is 9.56. The Balaban J connectivity index is 1.35. The Labute approximate surface area is 203 Å². The van der Waals surface area contributed by atoms with Gasteiger partial charge in [0.25, 0.3) is 0 Å². The first kappa shape index (κ1) is 22.7. The third-order valence-corrected chi connectivity index (χ3v) is 7.24. The van der Waals surface area contributed by atoms with Gasteiger partial charge in [0.05, 0.1) is 21.5 Å². The molecule has 0 fully saturated rings. The maximum Gasteiger partial charge on any atom is 0.236 e. The zero-order chi connectivity index (χ0) is 22.7. The topological polar surface area (TPSA) is 85.6 Å². The van der Waals surface area contributed by atoms with Gasteiger partial charge in [-0.15, -0.1) is 16.4 Å². The van der Waals surface area contributed by atoms with Crippen molar-refractivity contribution < 1.29 is 4.79 Å². The van der Waals surface area contributed by atoms with E-state index in [1.54, 1.807) is 16.9 Å². The van der Waals surface area contributed by atoms with Gasteiger partial charge in [0.15, 0.2) is 5.13 Å². The number of rotatable bonds is 7. The number of anilines is 1. The average molecular weight is 505 g/mol. The molecular weight excluding hydrogens is 487 g/mol. The predicted molar refractivity (Wildman–Crippen MR) is 129 cm³/mol. The highest BCUT2D eigenvalue weighted by Crippen LogP contribution is 2.27. The Kier molecular flexibility index (Phi) is 7.10. The first-order valence-corrected chi connectivity index (χ1v) is 12.1. The Bertz CT molecular complexity index is 1270. The van der Waals surface area contributed by atoms with E-state index < -0.39 is 0 Å². The first-order chi connectivity index (χ1) is 15.4. The molecular formula is C21H18Cl2N6OS2. The Morgan fingerprint density at radius 2 is 1.97 bits per heavy atom. The number of thiazole rings is 1. The van der Waals surface area contributed by atoms with Crippen LogP contribution in [0.25, 0.3) is 5.69 Å². The number of aryl methyl sites for hydroxylation is 2. The molecule has 11 heteroatoms. The number of thioether (sulfide) groups is 1. The third kappa shape index (κ3) is 5.47. The fraction of sp³-hybridized carbons (Fsp3) is 0.190. The molecule has 4 rings (SSSR count). The highest BCUT2D eigenvalue weighted by atomic mass is 35.5. The second kappa shape index (κ2) is 9.99. The summed E-state index contributed by atoms with van der Waals surface area (Å²) in [5.41, 5.74) is 4.21. The number of tetrazole rings is 1. The third-order valence-electron chi connectivity index (χ3n) is 4.67. The van der Waals surface area contributed by atoms with Crippen molar-refractivity contribution in [1.29, 1.82) is 0 Å². The van der Waals surface area contributed by atoms with Crippen LogP contribution in [0.2, 0.25) is 10.0 Å². The van der Waals surface area contributed by atoms with E-state index in [-0.39, 0.29) is 11.7 Å². The van der Waals surface area contributed by atoms with Gasteiger partial charge in [-0.1, -0.05) is 47.1 Å². The van der Waals surface area contributed by atoms with Gasteiger partial charge in [0, 0.05) is 17.5 Å². The number of benzene rings is 2. The monoisotopic (exact) mass is 504 g/mol. The molecule has 0 unspecified atom stereocenters. The van der Waals surface area contributed by atoms with Crippen LogP contribution in [0.5, 0.6) is 0 Å². The SMILES string of the molecule is Cc1ccc(-n2nnnc2SCC(=O)Nc2ncc(Cc3ccc(Cl)c(Cl)c3)s2)cc1C. The number of nitrogens with one attached hydrogen (secondary N) is 1. The van der Waals surface area contributed by atoms with Crippen molar-refractivity contribution in [2.75, 3.05) is 11.1 Å². The predicted octanol–water partition coefficient (Wildman–Crippen LogP) is 5.36. The molecule has 2 aromatic carbocycles. The maximum atomic E-state index is 12.4. The lowest BCUT2D eigenvalue weighted by Gasteiger charge is -2.07. The van der Waals surface area contributed by atoms with E-state index in [9.17, 15) is 4.79 Å². The summed E-state index contributed by atoms with van der Waals surface area (Å²) in [6.45, 7) is 4.08. The summed E-state index contributed by atoms with van der Waals surface area (Å²) in [6, 6.07) is 11.5. The smallest absolute Gasteiger partial charge is 0.236 e. The molecule has 0 aliphatic carbocycles. The minimum atomic E-state index is -0.180. The van der Waals surface area contributed by atoms with E-state index in [1.807, 2.05) is 44.2 Å². The molecule has 0 saturated carbocycles. The van der Waals surface area contributed by atoms with Crippen molar-refractivity contribution in [3.05, 3.63) is 74.2 Å². The molecule has 32 heavy (non-hydrogen) atoms. The lowest BCUT2D eigenvalue weighted by Crippen LogP contribution is -2.14. The van der Waals surface area contributed by atoms with Crippen molar-refractivity contribution in [2.45, 2.75) is 25.4 Å². The molecule has 0 bridgehead atoms. The largest absolute Gasteiger partial charge is 0.301 e. The summed E-state index contributed by atoms with van der Waals surface area (Å²) in [6.07, 6.45) is 2.40. The number of carbonyl (C=O) groups is 1. The van der Waals surface area contributed by atoms with Crippen LogP contribution in [0.15, 0.2) is 47.8 Å². The fourth-order valence-electron chi connectivity index (χ4n) is 2.87. The summed E-state index contributed by atoms with van der Waals surface area (Å²) < 4.78 is 1.63. The molecule has 0 radical (unpaired) electrons. The standard InChI is InChI=1S/C21H18Cl2N6OS2/c1-12-3-5-15(7-13(12)2)29-21(26-27-28-29)31-11-19(30)25-20-24-10-16(32-20)8-14-4-6-17(22)18(23)9-14/h3-7,9-10H,8,11H2,1-2H3,(H,24,25,30). The number of nitrogens with zero attached hydrogens (tertiary/aromatic N) is 5. The van der Waals surface area contributed by atoms with Crippen molar-refractivity contribution in [2.24, 2.45) is 0 Å². The zero-order valence-corrected chi connectivity index (χ0v) is 20.3. The van der Waals surface area contributed by atoms with Crippen LogP contribution in [0.3, 0.4) is 0 Å². The van der Waals surface area contributed by atoms with Gasteiger partial charge in [-0.2, -0.15) is 4.68 Å². The lowest BCUT2D eigenvalue weighted by molar-refractivity contribution is -0.113. The van der Waals surface area contributed by atoms with Crippen LogP contribution in [0.1, 0.15) is 21.6 Å². The summed E-state index contributed by atoms with van der Waals surface area (Å²) >= 11 is 14.7. The number of amides is 1. The molecule has 2 heterocycles. The van der Waals surface area contributed by atoms with Crippen LogP contribution in [-0.4, -0.2) is 36.9 Å². The molecule has 0 saturated heterocycles. The molecule has 0 spiro atoms. The second-order valence-corrected chi connectivity index (χ2v) is 9.91. The van der Waals surface area contributed by atoms with E-state index in [2.05, 4.69) is 25.8 Å². The van der Waals surface area contributed by atoms with Crippen molar-refractivity contribution >= 4 is 57.3 Å². The molecule has 4 aromatic rings. The molecule has 0 aliphatic heterocycles. The molecule has 1 N–H and O–H groups in total. The lowest BCUT2D eigenvalue weighted by atomic mass is 10.1. The van der Waals surface area contributed by atoms with Gasteiger partial charge in [-0.25, -0.2) is 4.98 Å². The number of aromatic nitrogens is 5. The van der Waals surface area contributed by atoms with Crippen molar-refractivity contribution in [1.82, 2.24) is 25.2 Å². The summed E-state index contributed by atoms with van der Waals surface area (Å²) in [7, 11) is 0. The number of carbonyl (C=O) groups excluding carboxylic acids is 1. The Morgan fingerprint density at radius 3 is 2.75 bits per heavy atom. The van der Waals surface area contributed by atoms with Gasteiger partial charge in [-0.05, 0) is 65.2 Å². The molecule has 7 nitrogen and oxygen atoms in total. The van der Waals surface area contributed by atoms with Gasteiger partial charge in [0.1, 0.15) is 0 Å². The van der Waals surface area contributed by atoms with E-state index in [0.717, 1.165) is 21.7 Å². The molecule has 0 aliphatic rings. The number of hydrogen-bond acceptors (Lipinski definition) is 7. The second-order valence-electron chi connectivity index (χ2n) is 7.04. The fourth-order valence-corrected chi connectivity index (χ4v) is 4.75. The van der Waals surface area contributed by atoms with Crippen LogP contribution in [0, 0.1) is 13.8 Å². The van der Waals surface area contributed by atoms with Crippen LogP contribution in [0.4, 0.5) is 5.13 Å². The minimum absolute atomic E-state index is 0.160. The van der Waals surface area contributed by atoms with Gasteiger partial charge in [-0.3, -0.25) is 4.79 Å². The highest BCUT2D eigenvalue weighted by molar-refractivity contribution is 7.99. The van der Waals surface area contributed by atoms with E-state index in [0.29, 0.717) is 26.8 Å². The quantitative estimate of drug-likeness (QED) is 0.340. The Hall–Kier alpha value is -2.46. The van der Waals surface area contributed by atoms with Gasteiger partial charge < -0.3 is 5.32 Å². The van der Waals surface area contributed by atoms with E-state index >= 15 is 0 Å². The van der Waals surface area contributed by atoms with Crippen molar-refractivity contribution in [3.63, 3.8) is 0 Å². The van der Waals surface area contributed by atoms with Crippen LogP contribution < -0.4 is 5.32 Å². The van der Waals surface area contributed by atoms with Crippen LogP contribution >= 0.6 is 46.3 Å². The number of halogens is 2. The summed E-state index contributed by atoms with van der Waals surface area (Å²) in [4.78, 5) is 17.7. The summed E-state index contributed by atoms with van der Waals surface area (Å²) in [5.74, 6) is -0.0208. The Morgan fingerprint density at radius 1 is 1.12 bits per heavy atom. The molecule has 0 atom stereocenters. The van der Waals surface area contributed by atoms with E-state index in [1.165, 1.54) is 28.7 Å². The van der Waals surface area contributed by atoms with Gasteiger partial charge >= 0.3 is 0 Å². The van der Waals surface area contributed by atoms with Crippen LogP contribution in [-0.2, 0) is 11.2 Å². The zero-order valence-electron chi connectivity index (χ0n) is 17.2.